The van der Waals surface area contributed by atoms with Crippen molar-refractivity contribution in [1.82, 2.24) is 0 Å². The average Bonchev–Trinajstić information content (AvgIpc) is 2.47. The fourth-order valence-electron chi connectivity index (χ4n) is 2.31. The fraction of sp³-hybridized carbons (Fsp3) is 0.0667. The third kappa shape index (κ3) is 1.91. The SMILES string of the molecule is CC(=O)[B-]1(F)Oc2ccccc2C=[N+]1c1ccccc1. The lowest BCUT2D eigenvalue weighted by Crippen LogP contribution is -2.56. The number of halogens is 1. The van der Waals surface area contributed by atoms with Gasteiger partial charge in [-0.25, -0.2) is 0 Å². The standard InChI is InChI=1S/C15H13BFNO2/c1-12(19)16(17)18(14-8-3-2-4-9-14)11-13-7-5-6-10-15(13)20-16/h2-11H,1H3. The van der Waals surface area contributed by atoms with Crippen molar-refractivity contribution in [2.24, 2.45) is 0 Å². The zero-order chi connectivity index (χ0) is 14.2. The zero-order valence-electron chi connectivity index (χ0n) is 11.0. The van der Waals surface area contributed by atoms with Gasteiger partial charge in [0, 0.05) is 12.1 Å². The summed E-state index contributed by atoms with van der Waals surface area (Å²) in [5, 5.41) is 0. The monoisotopic (exact) mass is 269 g/mol. The molecule has 5 heteroatoms. The van der Waals surface area contributed by atoms with Crippen LogP contribution in [0.25, 0.3) is 0 Å². The van der Waals surface area contributed by atoms with Gasteiger partial charge >= 0.3 is 6.76 Å². The minimum atomic E-state index is -3.27. The lowest BCUT2D eigenvalue weighted by molar-refractivity contribution is -0.324. The number of benzene rings is 2. The van der Waals surface area contributed by atoms with Crippen LogP contribution in [0.5, 0.6) is 5.75 Å². The van der Waals surface area contributed by atoms with Crippen LogP contribution in [0.1, 0.15) is 12.5 Å². The van der Waals surface area contributed by atoms with Crippen LogP contribution in [0, 0.1) is 0 Å². The molecule has 0 bridgehead atoms. The molecule has 2 aromatic rings. The molecule has 1 atom stereocenters. The molecule has 0 N–H and O–H groups in total. The van der Waals surface area contributed by atoms with Crippen LogP contribution < -0.4 is 4.65 Å². The van der Waals surface area contributed by atoms with Crippen molar-refractivity contribution in [1.29, 1.82) is 0 Å². The molecule has 2 aromatic carbocycles. The van der Waals surface area contributed by atoms with E-state index in [2.05, 4.69) is 0 Å². The van der Waals surface area contributed by atoms with Gasteiger partial charge in [0.25, 0.3) is 0 Å². The second-order valence-corrected chi connectivity index (χ2v) is 4.79. The molecule has 0 spiro atoms. The highest BCUT2D eigenvalue weighted by atomic mass is 19.1. The molecular formula is C15H13BFNO2. The summed E-state index contributed by atoms with van der Waals surface area (Å²) < 4.78 is 21.8. The Morgan fingerprint density at radius 1 is 1.10 bits per heavy atom. The molecule has 0 fully saturated rings. The van der Waals surface area contributed by atoms with Crippen molar-refractivity contribution >= 4 is 24.3 Å². The van der Waals surface area contributed by atoms with Gasteiger partial charge in [0.1, 0.15) is 11.9 Å². The molecule has 0 radical (unpaired) electrons. The molecule has 3 nitrogen and oxygen atoms in total. The summed E-state index contributed by atoms with van der Waals surface area (Å²) in [4.78, 5) is 11.8. The number of para-hydroxylation sites is 2. The topological polar surface area (TPSA) is 29.3 Å². The molecule has 1 heterocycles. The first kappa shape index (κ1) is 12.6. The number of hydrogen-bond acceptors (Lipinski definition) is 2. The summed E-state index contributed by atoms with van der Waals surface area (Å²) in [5.41, 5.74) is 0.687. The second-order valence-electron chi connectivity index (χ2n) is 4.79. The Kier molecular flexibility index (Phi) is 2.90. The van der Waals surface area contributed by atoms with E-state index in [1.807, 2.05) is 18.2 Å². The van der Waals surface area contributed by atoms with Crippen LogP contribution in [0.4, 0.5) is 10.0 Å². The highest BCUT2D eigenvalue weighted by Crippen LogP contribution is 2.30. The number of fused-ring (bicyclic) bond motifs is 1. The molecule has 0 saturated carbocycles. The summed E-state index contributed by atoms with van der Waals surface area (Å²) in [6.45, 7) is -2.07. The van der Waals surface area contributed by atoms with E-state index in [4.69, 9.17) is 4.65 Å². The van der Waals surface area contributed by atoms with Crippen LogP contribution in [0.3, 0.4) is 0 Å². The lowest BCUT2D eigenvalue weighted by atomic mass is 9.68. The number of rotatable bonds is 2. The quantitative estimate of drug-likeness (QED) is 0.784. The van der Waals surface area contributed by atoms with E-state index in [0.717, 1.165) is 5.56 Å². The molecule has 20 heavy (non-hydrogen) atoms. The number of nitrogens with zero attached hydrogens (tertiary/aromatic N) is 1. The first-order chi connectivity index (χ1) is 9.61. The van der Waals surface area contributed by atoms with Crippen molar-refractivity contribution in [3.63, 3.8) is 0 Å². The minimum Gasteiger partial charge on any atom is -0.624 e. The maximum Gasteiger partial charge on any atom is 0.699 e. The van der Waals surface area contributed by atoms with Crippen LogP contribution in [-0.4, -0.2) is 23.1 Å². The van der Waals surface area contributed by atoms with E-state index >= 15 is 4.32 Å². The molecule has 0 amide bonds. The third-order valence-corrected chi connectivity index (χ3v) is 3.39. The van der Waals surface area contributed by atoms with E-state index in [0.29, 0.717) is 11.4 Å². The van der Waals surface area contributed by atoms with E-state index < -0.39 is 12.4 Å². The summed E-state index contributed by atoms with van der Waals surface area (Å²) in [7, 11) is 0. The Morgan fingerprint density at radius 3 is 2.45 bits per heavy atom. The van der Waals surface area contributed by atoms with Gasteiger partial charge in [-0.1, -0.05) is 30.3 Å². The Hall–Kier alpha value is -2.43. The molecule has 1 unspecified atom stereocenters. The molecular weight excluding hydrogens is 256 g/mol. The first-order valence-electron chi connectivity index (χ1n) is 6.42. The molecule has 100 valence electrons. The van der Waals surface area contributed by atoms with Gasteiger partial charge in [0.2, 0.25) is 0 Å². The van der Waals surface area contributed by atoms with Crippen molar-refractivity contribution in [2.75, 3.05) is 0 Å². The van der Waals surface area contributed by atoms with Gasteiger partial charge < -0.3 is 18.3 Å². The maximum atomic E-state index is 15.1. The predicted octanol–water partition coefficient (Wildman–Crippen LogP) is 2.88. The van der Waals surface area contributed by atoms with Crippen LogP contribution in [0.15, 0.2) is 54.6 Å². The van der Waals surface area contributed by atoms with Crippen molar-refractivity contribution in [3.8, 4) is 5.75 Å². The summed E-state index contributed by atoms with van der Waals surface area (Å²) in [6, 6.07) is 16.0. The molecule has 3 rings (SSSR count). The fourth-order valence-corrected chi connectivity index (χ4v) is 2.31. The van der Waals surface area contributed by atoms with Crippen molar-refractivity contribution in [2.45, 2.75) is 6.92 Å². The van der Waals surface area contributed by atoms with Gasteiger partial charge in [-0.05, 0) is 19.1 Å². The van der Waals surface area contributed by atoms with Gasteiger partial charge in [-0.15, -0.1) is 0 Å². The number of carbonyl (C=O) groups is 1. The minimum absolute atomic E-state index is 0.386. The van der Waals surface area contributed by atoms with Gasteiger partial charge in [-0.3, -0.25) is 0 Å². The van der Waals surface area contributed by atoms with Crippen LogP contribution in [-0.2, 0) is 4.79 Å². The Balaban J connectivity index is 2.22. The average molecular weight is 269 g/mol. The number of carbonyl (C=O) groups excluding carboxylic acids is 1. The number of hydrogen-bond donors (Lipinski definition) is 0. The molecule has 1 aliphatic rings. The maximum absolute atomic E-state index is 15.1. The van der Waals surface area contributed by atoms with Crippen LogP contribution >= 0.6 is 0 Å². The second kappa shape index (κ2) is 4.60. The van der Waals surface area contributed by atoms with Gasteiger partial charge in [0.05, 0.1) is 11.3 Å². The third-order valence-electron chi connectivity index (χ3n) is 3.39. The normalized spacial score (nSPS) is 20.6. The summed E-state index contributed by atoms with van der Waals surface area (Å²) in [6.07, 6.45) is 1.62. The largest absolute Gasteiger partial charge is 0.699 e. The van der Waals surface area contributed by atoms with E-state index in [-0.39, 0.29) is 0 Å². The predicted molar refractivity (Wildman–Crippen MR) is 76.1 cm³/mol. The van der Waals surface area contributed by atoms with Crippen LogP contribution in [0.2, 0.25) is 0 Å². The molecule has 0 aliphatic carbocycles. The highest BCUT2D eigenvalue weighted by molar-refractivity contribution is 6.91. The summed E-state index contributed by atoms with van der Waals surface area (Å²) >= 11 is 0. The van der Waals surface area contributed by atoms with E-state index in [1.165, 1.54) is 11.4 Å². The zero-order valence-corrected chi connectivity index (χ0v) is 11.0. The van der Waals surface area contributed by atoms with E-state index in [1.54, 1.807) is 42.6 Å². The van der Waals surface area contributed by atoms with Crippen molar-refractivity contribution < 1.29 is 18.3 Å². The lowest BCUT2D eigenvalue weighted by Gasteiger charge is -2.32. The van der Waals surface area contributed by atoms with Gasteiger partial charge in [0.15, 0.2) is 5.69 Å². The Bertz CT molecular complexity index is 702. The van der Waals surface area contributed by atoms with E-state index in [9.17, 15) is 4.79 Å². The van der Waals surface area contributed by atoms with Crippen molar-refractivity contribution in [3.05, 3.63) is 60.2 Å². The molecule has 0 aromatic heterocycles. The Morgan fingerprint density at radius 2 is 1.75 bits per heavy atom. The smallest absolute Gasteiger partial charge is 0.624 e. The molecule has 0 saturated heterocycles. The van der Waals surface area contributed by atoms with Gasteiger partial charge in [-0.2, -0.15) is 0 Å². The summed E-state index contributed by atoms with van der Waals surface area (Å²) in [5.74, 6) is 0.386. The highest BCUT2D eigenvalue weighted by Gasteiger charge is 2.52. The Labute approximate surface area is 116 Å². The first-order valence-corrected chi connectivity index (χ1v) is 6.42. The molecule has 1 aliphatic heterocycles.